The number of hydrogen-bond donors (Lipinski definition) is 1. The molecule has 0 radical (unpaired) electrons. The molecule has 0 amide bonds. The SMILES string of the molecule is CNC(CCOCCC(C)C)Cc1ccccc1. The highest BCUT2D eigenvalue weighted by atomic mass is 16.5. The van der Waals surface area contributed by atoms with Gasteiger partial charge in [0.25, 0.3) is 0 Å². The molecule has 0 saturated carbocycles. The van der Waals surface area contributed by atoms with Crippen LogP contribution in [0.1, 0.15) is 32.3 Å². The Morgan fingerprint density at radius 1 is 1.06 bits per heavy atom. The van der Waals surface area contributed by atoms with Gasteiger partial charge in [-0.1, -0.05) is 44.2 Å². The van der Waals surface area contributed by atoms with Crippen molar-refractivity contribution in [2.45, 2.75) is 39.2 Å². The summed E-state index contributed by atoms with van der Waals surface area (Å²) < 4.78 is 5.67. The Bertz CT molecular complexity index is 297. The van der Waals surface area contributed by atoms with Crippen LogP contribution < -0.4 is 5.32 Å². The summed E-state index contributed by atoms with van der Waals surface area (Å²) >= 11 is 0. The van der Waals surface area contributed by atoms with Gasteiger partial charge in [0.05, 0.1) is 0 Å². The molecular weight excluding hydrogens is 222 g/mol. The van der Waals surface area contributed by atoms with Crippen molar-refractivity contribution in [1.82, 2.24) is 5.32 Å². The summed E-state index contributed by atoms with van der Waals surface area (Å²) in [5, 5.41) is 3.37. The molecular formula is C16H27NO. The zero-order valence-electron chi connectivity index (χ0n) is 12.0. The number of nitrogens with one attached hydrogen (secondary N) is 1. The van der Waals surface area contributed by atoms with Crippen LogP contribution in [0.15, 0.2) is 30.3 Å². The van der Waals surface area contributed by atoms with Crippen LogP contribution in [-0.4, -0.2) is 26.3 Å². The predicted molar refractivity (Wildman–Crippen MR) is 77.9 cm³/mol. The molecule has 2 heteroatoms. The lowest BCUT2D eigenvalue weighted by molar-refractivity contribution is 0.115. The van der Waals surface area contributed by atoms with Crippen molar-refractivity contribution in [3.8, 4) is 0 Å². The molecule has 1 aromatic carbocycles. The molecule has 0 fully saturated rings. The van der Waals surface area contributed by atoms with Crippen LogP contribution in [0, 0.1) is 5.92 Å². The van der Waals surface area contributed by atoms with Crippen molar-refractivity contribution >= 4 is 0 Å². The summed E-state index contributed by atoms with van der Waals surface area (Å²) in [5.41, 5.74) is 1.39. The topological polar surface area (TPSA) is 21.3 Å². The number of hydrogen-bond acceptors (Lipinski definition) is 2. The smallest absolute Gasteiger partial charge is 0.0480 e. The normalized spacial score (nSPS) is 12.9. The first-order valence-corrected chi connectivity index (χ1v) is 7.01. The second-order valence-electron chi connectivity index (χ2n) is 5.26. The molecule has 102 valence electrons. The molecule has 1 unspecified atom stereocenters. The second-order valence-corrected chi connectivity index (χ2v) is 5.26. The van der Waals surface area contributed by atoms with E-state index in [-0.39, 0.29) is 0 Å². The van der Waals surface area contributed by atoms with E-state index in [1.54, 1.807) is 0 Å². The Balaban J connectivity index is 2.18. The summed E-state index contributed by atoms with van der Waals surface area (Å²) in [6.07, 6.45) is 3.30. The molecule has 2 nitrogen and oxygen atoms in total. The number of likely N-dealkylation sites (N-methyl/N-ethyl adjacent to an activating group) is 1. The molecule has 0 heterocycles. The van der Waals surface area contributed by atoms with Crippen LogP contribution in [-0.2, 0) is 11.2 Å². The van der Waals surface area contributed by atoms with Gasteiger partial charge in [0.2, 0.25) is 0 Å². The maximum atomic E-state index is 5.67. The molecule has 1 aromatic rings. The van der Waals surface area contributed by atoms with Gasteiger partial charge in [-0.05, 0) is 37.8 Å². The van der Waals surface area contributed by atoms with Crippen LogP contribution >= 0.6 is 0 Å². The zero-order valence-corrected chi connectivity index (χ0v) is 12.0. The molecule has 1 N–H and O–H groups in total. The molecule has 1 rings (SSSR count). The fourth-order valence-corrected chi connectivity index (χ4v) is 1.89. The maximum absolute atomic E-state index is 5.67. The highest BCUT2D eigenvalue weighted by Gasteiger charge is 2.06. The van der Waals surface area contributed by atoms with Crippen molar-refractivity contribution in [1.29, 1.82) is 0 Å². The molecule has 0 aliphatic carbocycles. The molecule has 0 saturated heterocycles. The Kier molecular flexibility index (Phi) is 7.70. The number of rotatable bonds is 9. The molecule has 0 aliphatic heterocycles. The summed E-state index contributed by atoms with van der Waals surface area (Å²) in [6.45, 7) is 6.20. The Morgan fingerprint density at radius 3 is 2.33 bits per heavy atom. The molecule has 18 heavy (non-hydrogen) atoms. The van der Waals surface area contributed by atoms with Gasteiger partial charge in [0.15, 0.2) is 0 Å². The van der Waals surface area contributed by atoms with E-state index in [0.29, 0.717) is 6.04 Å². The van der Waals surface area contributed by atoms with Gasteiger partial charge in [-0.2, -0.15) is 0 Å². The van der Waals surface area contributed by atoms with E-state index >= 15 is 0 Å². The first-order valence-electron chi connectivity index (χ1n) is 7.01. The van der Waals surface area contributed by atoms with E-state index in [1.807, 2.05) is 7.05 Å². The average Bonchev–Trinajstić information content (AvgIpc) is 2.38. The van der Waals surface area contributed by atoms with Crippen LogP contribution in [0.2, 0.25) is 0 Å². The van der Waals surface area contributed by atoms with Crippen molar-refractivity contribution in [2.75, 3.05) is 20.3 Å². The third-order valence-corrected chi connectivity index (χ3v) is 3.18. The Hall–Kier alpha value is -0.860. The first-order chi connectivity index (χ1) is 8.72. The molecule has 1 atom stereocenters. The number of ether oxygens (including phenoxy) is 1. The lowest BCUT2D eigenvalue weighted by Gasteiger charge is -2.16. The fourth-order valence-electron chi connectivity index (χ4n) is 1.89. The first kappa shape index (κ1) is 15.2. The number of benzene rings is 1. The molecule has 0 bridgehead atoms. The summed E-state index contributed by atoms with van der Waals surface area (Å²) in [7, 11) is 2.03. The van der Waals surface area contributed by atoms with Crippen LogP contribution in [0.25, 0.3) is 0 Å². The predicted octanol–water partition coefficient (Wildman–Crippen LogP) is 3.27. The van der Waals surface area contributed by atoms with Crippen LogP contribution in [0.5, 0.6) is 0 Å². The molecule has 0 spiro atoms. The largest absolute Gasteiger partial charge is 0.381 e. The highest BCUT2D eigenvalue weighted by molar-refractivity contribution is 5.15. The standard InChI is InChI=1S/C16H27NO/c1-14(2)9-11-18-12-10-16(17-3)13-15-7-5-4-6-8-15/h4-8,14,16-17H,9-13H2,1-3H3. The van der Waals surface area contributed by atoms with Gasteiger partial charge in [-0.3, -0.25) is 0 Å². The monoisotopic (exact) mass is 249 g/mol. The summed E-state index contributed by atoms with van der Waals surface area (Å²) in [5.74, 6) is 0.731. The zero-order chi connectivity index (χ0) is 13.2. The van der Waals surface area contributed by atoms with E-state index in [4.69, 9.17) is 4.74 Å². The summed E-state index contributed by atoms with van der Waals surface area (Å²) in [6, 6.07) is 11.1. The second kappa shape index (κ2) is 9.12. The minimum absolute atomic E-state index is 0.506. The van der Waals surface area contributed by atoms with Crippen molar-refractivity contribution in [3.05, 3.63) is 35.9 Å². The van der Waals surface area contributed by atoms with Crippen molar-refractivity contribution in [3.63, 3.8) is 0 Å². The fraction of sp³-hybridized carbons (Fsp3) is 0.625. The Morgan fingerprint density at radius 2 is 1.72 bits per heavy atom. The third kappa shape index (κ3) is 6.77. The van der Waals surface area contributed by atoms with E-state index in [9.17, 15) is 0 Å². The minimum atomic E-state index is 0.506. The van der Waals surface area contributed by atoms with Gasteiger partial charge in [0.1, 0.15) is 0 Å². The molecule has 0 aliphatic rings. The van der Waals surface area contributed by atoms with E-state index in [1.165, 1.54) is 5.56 Å². The lowest BCUT2D eigenvalue weighted by atomic mass is 10.0. The van der Waals surface area contributed by atoms with E-state index < -0.39 is 0 Å². The Labute approximate surface area is 112 Å². The van der Waals surface area contributed by atoms with Gasteiger partial charge in [0, 0.05) is 19.3 Å². The van der Waals surface area contributed by atoms with Crippen molar-refractivity contribution < 1.29 is 4.74 Å². The molecule has 0 aromatic heterocycles. The average molecular weight is 249 g/mol. The highest BCUT2D eigenvalue weighted by Crippen LogP contribution is 2.06. The van der Waals surface area contributed by atoms with Gasteiger partial charge in [-0.25, -0.2) is 0 Å². The summed E-state index contributed by atoms with van der Waals surface area (Å²) in [4.78, 5) is 0. The third-order valence-electron chi connectivity index (χ3n) is 3.18. The van der Waals surface area contributed by atoms with E-state index in [2.05, 4.69) is 49.5 Å². The van der Waals surface area contributed by atoms with E-state index in [0.717, 1.165) is 38.4 Å². The van der Waals surface area contributed by atoms with Gasteiger partial charge >= 0.3 is 0 Å². The van der Waals surface area contributed by atoms with Gasteiger partial charge in [-0.15, -0.1) is 0 Å². The lowest BCUT2D eigenvalue weighted by Crippen LogP contribution is -2.29. The quantitative estimate of drug-likeness (QED) is 0.678. The van der Waals surface area contributed by atoms with Crippen molar-refractivity contribution in [2.24, 2.45) is 5.92 Å². The van der Waals surface area contributed by atoms with Crippen LogP contribution in [0.4, 0.5) is 0 Å². The van der Waals surface area contributed by atoms with Crippen LogP contribution in [0.3, 0.4) is 0 Å². The minimum Gasteiger partial charge on any atom is -0.381 e. The van der Waals surface area contributed by atoms with Gasteiger partial charge < -0.3 is 10.1 Å². The maximum Gasteiger partial charge on any atom is 0.0480 e.